The first-order valence-corrected chi connectivity index (χ1v) is 6.34. The highest BCUT2D eigenvalue weighted by molar-refractivity contribution is 9.10. The molecule has 0 aliphatic carbocycles. The number of methoxy groups -OCH3 is 1. The molecule has 1 rings (SSSR count). The maximum Gasteiger partial charge on any atom is 0.183 e. The lowest BCUT2D eigenvalue weighted by Gasteiger charge is -2.06. The Kier molecular flexibility index (Phi) is 5.15. The van der Waals surface area contributed by atoms with Crippen LogP contribution in [-0.2, 0) is 0 Å². The van der Waals surface area contributed by atoms with Crippen LogP contribution < -0.4 is 10.1 Å². The smallest absolute Gasteiger partial charge is 0.183 e. The second-order valence-corrected chi connectivity index (χ2v) is 4.38. The van der Waals surface area contributed by atoms with Crippen molar-refractivity contribution >= 4 is 38.5 Å². The van der Waals surface area contributed by atoms with E-state index in [9.17, 15) is 0 Å². The van der Waals surface area contributed by atoms with Crippen LogP contribution in [0.15, 0.2) is 27.7 Å². The van der Waals surface area contributed by atoms with Gasteiger partial charge in [0.1, 0.15) is 11.4 Å². The Hall–Kier alpha value is -1.19. The average molecular weight is 300 g/mol. The number of ether oxygens (including phenoxy) is 1. The van der Waals surface area contributed by atoms with Gasteiger partial charge >= 0.3 is 0 Å². The monoisotopic (exact) mass is 299 g/mol. The molecular formula is C10H10BrN3OS. The van der Waals surface area contributed by atoms with Crippen LogP contribution in [0.5, 0.6) is 5.75 Å². The molecule has 16 heavy (non-hydrogen) atoms. The molecule has 0 saturated carbocycles. The Morgan fingerprint density at radius 2 is 2.38 bits per heavy atom. The summed E-state index contributed by atoms with van der Waals surface area (Å²) < 4.78 is 6.11. The van der Waals surface area contributed by atoms with Gasteiger partial charge in [-0.1, -0.05) is 27.7 Å². The Balaban J connectivity index is 3.08. The van der Waals surface area contributed by atoms with E-state index in [1.165, 1.54) is 11.8 Å². The SMILES string of the molecule is COc1cc(Br)ccc1N=C(NC#N)SC. The zero-order valence-corrected chi connectivity index (χ0v) is 11.2. The van der Waals surface area contributed by atoms with Gasteiger partial charge in [-0.25, -0.2) is 4.99 Å². The molecule has 0 aliphatic heterocycles. The molecule has 0 atom stereocenters. The first kappa shape index (κ1) is 12.9. The molecule has 0 heterocycles. The van der Waals surface area contributed by atoms with Crippen molar-refractivity contribution in [3.05, 3.63) is 22.7 Å². The third-order valence-corrected chi connectivity index (χ3v) is 2.79. The van der Waals surface area contributed by atoms with Crippen LogP contribution in [0.4, 0.5) is 5.69 Å². The minimum absolute atomic E-state index is 0.531. The maximum atomic E-state index is 8.52. The van der Waals surface area contributed by atoms with Crippen molar-refractivity contribution in [1.29, 1.82) is 5.26 Å². The van der Waals surface area contributed by atoms with E-state index in [-0.39, 0.29) is 0 Å². The summed E-state index contributed by atoms with van der Waals surface area (Å²) in [5, 5.41) is 11.6. The largest absolute Gasteiger partial charge is 0.494 e. The summed E-state index contributed by atoms with van der Waals surface area (Å²) in [6.07, 6.45) is 3.68. The van der Waals surface area contributed by atoms with Crippen LogP contribution >= 0.6 is 27.7 Å². The zero-order chi connectivity index (χ0) is 12.0. The molecule has 6 heteroatoms. The fourth-order valence-electron chi connectivity index (χ4n) is 1.03. The summed E-state index contributed by atoms with van der Waals surface area (Å²) in [6, 6.07) is 5.51. The minimum atomic E-state index is 0.531. The van der Waals surface area contributed by atoms with Crippen molar-refractivity contribution in [3.8, 4) is 11.9 Å². The number of hydrogen-bond acceptors (Lipinski definition) is 4. The summed E-state index contributed by atoms with van der Waals surface area (Å²) in [7, 11) is 1.58. The highest BCUT2D eigenvalue weighted by Crippen LogP contribution is 2.30. The first-order chi connectivity index (χ1) is 7.71. The van der Waals surface area contributed by atoms with Gasteiger partial charge in [-0.05, 0) is 24.5 Å². The summed E-state index contributed by atoms with van der Waals surface area (Å²) >= 11 is 4.71. The molecule has 0 amide bonds. The molecule has 0 unspecified atom stereocenters. The lowest BCUT2D eigenvalue weighted by molar-refractivity contribution is 0.416. The van der Waals surface area contributed by atoms with Crippen molar-refractivity contribution < 1.29 is 4.74 Å². The number of aliphatic imine (C=N–C) groups is 1. The number of halogens is 1. The van der Waals surface area contributed by atoms with E-state index in [1.807, 2.05) is 30.6 Å². The van der Waals surface area contributed by atoms with E-state index in [0.29, 0.717) is 16.6 Å². The van der Waals surface area contributed by atoms with E-state index in [2.05, 4.69) is 26.2 Å². The minimum Gasteiger partial charge on any atom is -0.494 e. The van der Waals surface area contributed by atoms with Crippen molar-refractivity contribution in [3.63, 3.8) is 0 Å². The fraction of sp³-hybridized carbons (Fsp3) is 0.200. The Bertz CT molecular complexity index is 442. The third kappa shape index (κ3) is 3.43. The molecule has 0 aliphatic rings. The quantitative estimate of drug-likeness (QED) is 0.395. The molecule has 1 N–H and O–H groups in total. The van der Waals surface area contributed by atoms with Crippen molar-refractivity contribution in [1.82, 2.24) is 5.32 Å². The van der Waals surface area contributed by atoms with Crippen LogP contribution in [-0.4, -0.2) is 18.5 Å². The van der Waals surface area contributed by atoms with Crippen molar-refractivity contribution in [2.75, 3.05) is 13.4 Å². The van der Waals surface area contributed by atoms with E-state index in [4.69, 9.17) is 10.00 Å². The maximum absolute atomic E-state index is 8.52. The van der Waals surface area contributed by atoms with Gasteiger partial charge in [-0.3, -0.25) is 5.32 Å². The van der Waals surface area contributed by atoms with Crippen LogP contribution in [0.1, 0.15) is 0 Å². The highest BCUT2D eigenvalue weighted by atomic mass is 79.9. The average Bonchev–Trinajstić information content (AvgIpc) is 2.30. The van der Waals surface area contributed by atoms with Gasteiger partial charge in [-0.2, -0.15) is 5.26 Å². The van der Waals surface area contributed by atoms with Gasteiger partial charge in [-0.15, -0.1) is 0 Å². The van der Waals surface area contributed by atoms with Crippen molar-refractivity contribution in [2.45, 2.75) is 0 Å². The zero-order valence-electron chi connectivity index (χ0n) is 8.82. The van der Waals surface area contributed by atoms with E-state index < -0.39 is 0 Å². The molecule has 0 spiro atoms. The molecule has 0 fully saturated rings. The molecule has 0 saturated heterocycles. The molecule has 1 aromatic rings. The molecule has 4 nitrogen and oxygen atoms in total. The topological polar surface area (TPSA) is 57.4 Å². The first-order valence-electron chi connectivity index (χ1n) is 4.32. The molecule has 84 valence electrons. The molecule has 1 aromatic carbocycles. The number of thioether (sulfide) groups is 1. The van der Waals surface area contributed by atoms with E-state index >= 15 is 0 Å². The van der Waals surface area contributed by atoms with Crippen molar-refractivity contribution in [2.24, 2.45) is 4.99 Å². The normalized spacial score (nSPS) is 10.8. The number of nitrogens with zero attached hydrogens (tertiary/aromatic N) is 2. The number of nitrogens with one attached hydrogen (secondary N) is 1. The van der Waals surface area contributed by atoms with Gasteiger partial charge in [0, 0.05) is 4.47 Å². The molecule has 0 radical (unpaired) electrons. The summed E-state index contributed by atoms with van der Waals surface area (Å²) in [4.78, 5) is 4.28. The molecule has 0 bridgehead atoms. The molecule has 0 aromatic heterocycles. The van der Waals surface area contributed by atoms with Gasteiger partial charge in [0.05, 0.1) is 7.11 Å². The van der Waals surface area contributed by atoms with Gasteiger partial charge < -0.3 is 4.74 Å². The Morgan fingerprint density at radius 3 is 2.94 bits per heavy atom. The van der Waals surface area contributed by atoms with Gasteiger partial charge in [0.2, 0.25) is 0 Å². The number of amidine groups is 1. The van der Waals surface area contributed by atoms with Crippen LogP contribution in [0.3, 0.4) is 0 Å². The number of benzene rings is 1. The second-order valence-electron chi connectivity index (χ2n) is 2.67. The summed E-state index contributed by atoms with van der Waals surface area (Å²) in [5.74, 6) is 0.653. The highest BCUT2D eigenvalue weighted by Gasteiger charge is 2.04. The van der Waals surface area contributed by atoms with E-state index in [1.54, 1.807) is 7.11 Å². The predicted molar refractivity (Wildman–Crippen MR) is 70.1 cm³/mol. The lowest BCUT2D eigenvalue weighted by Crippen LogP contribution is -2.12. The number of rotatable bonds is 2. The van der Waals surface area contributed by atoms with E-state index in [0.717, 1.165) is 4.47 Å². The van der Waals surface area contributed by atoms with Gasteiger partial charge in [0.15, 0.2) is 11.4 Å². The second kappa shape index (κ2) is 6.40. The van der Waals surface area contributed by atoms with Crippen LogP contribution in [0.2, 0.25) is 0 Å². The lowest BCUT2D eigenvalue weighted by atomic mass is 10.3. The van der Waals surface area contributed by atoms with Crippen LogP contribution in [0, 0.1) is 11.5 Å². The predicted octanol–water partition coefficient (Wildman–Crippen LogP) is 2.88. The van der Waals surface area contributed by atoms with Crippen LogP contribution in [0.25, 0.3) is 0 Å². The summed E-state index contributed by atoms with van der Waals surface area (Å²) in [5.41, 5.74) is 0.679. The molecular weight excluding hydrogens is 290 g/mol. The third-order valence-electron chi connectivity index (χ3n) is 1.72. The Labute approximate surface area is 107 Å². The standard InChI is InChI=1S/C10H10BrN3OS/c1-15-9-5-7(11)3-4-8(9)14-10(16-2)13-6-12/h3-5H,1-2H3,(H,13,14). The number of hydrogen-bond donors (Lipinski definition) is 1. The van der Waals surface area contributed by atoms with Gasteiger partial charge in [0.25, 0.3) is 0 Å². The number of nitriles is 1. The summed E-state index contributed by atoms with van der Waals surface area (Å²) in [6.45, 7) is 0. The Morgan fingerprint density at radius 1 is 1.62 bits per heavy atom. The fourth-order valence-corrected chi connectivity index (χ4v) is 1.70.